The number of aliphatic hydroxyl groups excluding tert-OH is 1. The second kappa shape index (κ2) is 5.05. The van der Waals surface area contributed by atoms with Crippen molar-refractivity contribution in [3.05, 3.63) is 35.4 Å². The van der Waals surface area contributed by atoms with Crippen LogP contribution in [0.2, 0.25) is 0 Å². The van der Waals surface area contributed by atoms with Gasteiger partial charge in [0.2, 0.25) is 0 Å². The van der Waals surface area contributed by atoms with Crippen LogP contribution in [0.25, 0.3) is 0 Å². The van der Waals surface area contributed by atoms with Gasteiger partial charge in [-0.25, -0.2) is 0 Å². The molecule has 1 fully saturated rings. The highest BCUT2D eigenvalue weighted by molar-refractivity contribution is 5.39. The second-order valence-corrected chi connectivity index (χ2v) is 6.42. The van der Waals surface area contributed by atoms with Crippen molar-refractivity contribution in [2.24, 2.45) is 11.8 Å². The molecule has 0 saturated heterocycles. The van der Waals surface area contributed by atoms with Crippen molar-refractivity contribution < 1.29 is 5.11 Å². The summed E-state index contributed by atoms with van der Waals surface area (Å²) in [5.41, 5.74) is 2.98. The summed E-state index contributed by atoms with van der Waals surface area (Å²) < 4.78 is 0. The molecule has 2 unspecified atom stereocenters. The van der Waals surface area contributed by atoms with Gasteiger partial charge in [-0.1, -0.05) is 44.0 Å². The van der Waals surface area contributed by atoms with Gasteiger partial charge in [0.1, 0.15) is 0 Å². The van der Waals surface area contributed by atoms with Crippen LogP contribution in [0, 0.1) is 11.8 Å². The fraction of sp³-hybridized carbons (Fsp3) is 0.647. The Hall–Kier alpha value is -0.820. The summed E-state index contributed by atoms with van der Waals surface area (Å²) in [6, 6.07) is 8.70. The lowest BCUT2D eigenvalue weighted by Gasteiger charge is -2.36. The van der Waals surface area contributed by atoms with Crippen LogP contribution in [0.5, 0.6) is 0 Å². The molecular formula is C17H24O. The van der Waals surface area contributed by atoms with E-state index in [1.54, 1.807) is 0 Å². The fourth-order valence-electron chi connectivity index (χ4n) is 3.73. The minimum Gasteiger partial charge on any atom is -0.393 e. The quantitative estimate of drug-likeness (QED) is 0.855. The first kappa shape index (κ1) is 12.2. The number of rotatable bonds is 3. The number of hydrogen-bond acceptors (Lipinski definition) is 1. The maximum Gasteiger partial charge on any atom is 0.0574 e. The third-order valence-corrected chi connectivity index (χ3v) is 5.09. The third-order valence-electron chi connectivity index (χ3n) is 5.09. The van der Waals surface area contributed by atoms with Crippen molar-refractivity contribution in [1.82, 2.24) is 0 Å². The Morgan fingerprint density at radius 3 is 2.61 bits per heavy atom. The molecule has 1 aromatic carbocycles. The average molecular weight is 244 g/mol. The van der Waals surface area contributed by atoms with Crippen molar-refractivity contribution in [1.29, 1.82) is 0 Å². The summed E-state index contributed by atoms with van der Waals surface area (Å²) >= 11 is 0. The highest BCUT2D eigenvalue weighted by atomic mass is 16.3. The molecule has 2 atom stereocenters. The Balaban J connectivity index is 1.55. The monoisotopic (exact) mass is 244 g/mol. The van der Waals surface area contributed by atoms with Gasteiger partial charge in [0.05, 0.1) is 6.10 Å². The highest BCUT2D eigenvalue weighted by Gasteiger charge is 2.31. The largest absolute Gasteiger partial charge is 0.393 e. The van der Waals surface area contributed by atoms with Gasteiger partial charge in [0.25, 0.3) is 0 Å². The number of fused-ring (bicyclic) bond motifs is 1. The molecule has 1 aromatic rings. The van der Waals surface area contributed by atoms with Crippen LogP contribution >= 0.6 is 0 Å². The lowest BCUT2D eigenvalue weighted by molar-refractivity contribution is 0.0608. The SMILES string of the molecule is CC1CCC(C(O)CC2Cc3ccccc32)CC1. The van der Waals surface area contributed by atoms with Crippen molar-refractivity contribution in [3.63, 3.8) is 0 Å². The van der Waals surface area contributed by atoms with Gasteiger partial charge in [-0.15, -0.1) is 0 Å². The van der Waals surface area contributed by atoms with Gasteiger partial charge >= 0.3 is 0 Å². The molecular weight excluding hydrogens is 220 g/mol. The summed E-state index contributed by atoms with van der Waals surface area (Å²) in [6.07, 6.45) is 7.17. The van der Waals surface area contributed by atoms with Gasteiger partial charge in [-0.05, 0) is 54.6 Å². The molecule has 18 heavy (non-hydrogen) atoms. The third kappa shape index (κ3) is 2.33. The van der Waals surface area contributed by atoms with E-state index in [0.717, 1.165) is 12.3 Å². The average Bonchev–Trinajstić information content (AvgIpc) is 2.36. The van der Waals surface area contributed by atoms with E-state index in [4.69, 9.17) is 0 Å². The number of aliphatic hydroxyl groups is 1. The van der Waals surface area contributed by atoms with Gasteiger partial charge < -0.3 is 5.11 Å². The molecule has 1 nitrogen and oxygen atoms in total. The Morgan fingerprint density at radius 2 is 1.89 bits per heavy atom. The molecule has 0 heterocycles. The predicted molar refractivity (Wildman–Crippen MR) is 74.6 cm³/mol. The Bertz CT molecular complexity index is 404. The van der Waals surface area contributed by atoms with E-state index in [0.29, 0.717) is 11.8 Å². The highest BCUT2D eigenvalue weighted by Crippen LogP contribution is 2.40. The zero-order chi connectivity index (χ0) is 12.5. The van der Waals surface area contributed by atoms with Crippen LogP contribution in [0.1, 0.15) is 56.1 Å². The minimum atomic E-state index is -0.0733. The summed E-state index contributed by atoms with van der Waals surface area (Å²) in [5.74, 6) is 2.06. The molecule has 3 rings (SSSR count). The lowest BCUT2D eigenvalue weighted by atomic mass is 9.71. The van der Waals surface area contributed by atoms with E-state index in [9.17, 15) is 5.11 Å². The molecule has 0 bridgehead atoms. The summed E-state index contributed by atoms with van der Waals surface area (Å²) in [6.45, 7) is 2.34. The zero-order valence-electron chi connectivity index (χ0n) is 11.3. The molecule has 2 aliphatic rings. The van der Waals surface area contributed by atoms with Crippen molar-refractivity contribution in [3.8, 4) is 0 Å². The summed E-state index contributed by atoms with van der Waals surface area (Å²) in [7, 11) is 0. The predicted octanol–water partition coefficient (Wildman–Crippen LogP) is 3.90. The van der Waals surface area contributed by atoms with Crippen LogP contribution in [-0.2, 0) is 6.42 Å². The first-order valence-electron chi connectivity index (χ1n) is 7.50. The Morgan fingerprint density at radius 1 is 1.17 bits per heavy atom. The first-order chi connectivity index (χ1) is 8.74. The molecule has 1 heteroatoms. The number of hydrogen-bond donors (Lipinski definition) is 1. The molecule has 0 aromatic heterocycles. The van der Waals surface area contributed by atoms with Crippen LogP contribution in [0.3, 0.4) is 0 Å². The van der Waals surface area contributed by atoms with Crippen LogP contribution in [0.4, 0.5) is 0 Å². The van der Waals surface area contributed by atoms with Gasteiger partial charge in [0.15, 0.2) is 0 Å². The molecule has 1 saturated carbocycles. The maximum atomic E-state index is 10.4. The lowest BCUT2D eigenvalue weighted by Crippen LogP contribution is -2.29. The summed E-state index contributed by atoms with van der Waals surface area (Å²) in [4.78, 5) is 0. The van der Waals surface area contributed by atoms with Gasteiger partial charge in [0, 0.05) is 0 Å². The topological polar surface area (TPSA) is 20.2 Å². The van der Waals surface area contributed by atoms with Gasteiger partial charge in [-0.2, -0.15) is 0 Å². The molecule has 1 N–H and O–H groups in total. The van der Waals surface area contributed by atoms with E-state index >= 15 is 0 Å². The number of benzene rings is 1. The van der Waals surface area contributed by atoms with Gasteiger partial charge in [-0.3, -0.25) is 0 Å². The molecule has 0 aliphatic heterocycles. The Labute approximate surface area is 110 Å². The fourth-order valence-corrected chi connectivity index (χ4v) is 3.73. The van der Waals surface area contributed by atoms with E-state index in [1.807, 2.05) is 0 Å². The van der Waals surface area contributed by atoms with Crippen molar-refractivity contribution in [2.45, 2.75) is 57.5 Å². The normalized spacial score (nSPS) is 32.4. The molecule has 98 valence electrons. The molecule has 0 spiro atoms. The van der Waals surface area contributed by atoms with E-state index in [2.05, 4.69) is 31.2 Å². The van der Waals surface area contributed by atoms with Crippen LogP contribution in [-0.4, -0.2) is 11.2 Å². The van der Waals surface area contributed by atoms with Crippen LogP contribution < -0.4 is 0 Å². The zero-order valence-corrected chi connectivity index (χ0v) is 11.3. The maximum absolute atomic E-state index is 10.4. The Kier molecular flexibility index (Phi) is 3.43. The minimum absolute atomic E-state index is 0.0733. The smallest absolute Gasteiger partial charge is 0.0574 e. The standard InChI is InChI=1S/C17H24O/c1-12-6-8-13(9-7-12)17(18)11-15-10-14-4-2-3-5-16(14)15/h2-5,12-13,15,17-18H,6-11H2,1H3. The molecule has 2 aliphatic carbocycles. The van der Waals surface area contributed by atoms with Crippen LogP contribution in [0.15, 0.2) is 24.3 Å². The van der Waals surface area contributed by atoms with E-state index in [-0.39, 0.29) is 6.10 Å². The van der Waals surface area contributed by atoms with E-state index < -0.39 is 0 Å². The first-order valence-corrected chi connectivity index (χ1v) is 7.50. The second-order valence-electron chi connectivity index (χ2n) is 6.42. The van der Waals surface area contributed by atoms with E-state index in [1.165, 1.54) is 43.2 Å². The molecule has 0 amide bonds. The summed E-state index contributed by atoms with van der Waals surface area (Å²) in [5, 5.41) is 10.4. The molecule has 0 radical (unpaired) electrons. The van der Waals surface area contributed by atoms with Crippen molar-refractivity contribution in [2.75, 3.05) is 0 Å². The van der Waals surface area contributed by atoms with Crippen molar-refractivity contribution >= 4 is 0 Å².